The molecule has 1 amide bonds. The Hall–Kier alpha value is -1.10. The summed E-state index contributed by atoms with van der Waals surface area (Å²) in [7, 11) is 0. The minimum absolute atomic E-state index is 0.0166. The zero-order chi connectivity index (χ0) is 12.3. The highest BCUT2D eigenvalue weighted by Crippen LogP contribution is 2.17. The van der Waals surface area contributed by atoms with Crippen molar-refractivity contribution in [1.29, 1.82) is 0 Å². The Morgan fingerprint density at radius 3 is 2.71 bits per heavy atom. The molecule has 17 heavy (non-hydrogen) atoms. The quantitative estimate of drug-likeness (QED) is 0.820. The zero-order valence-corrected chi connectivity index (χ0v) is 10.2. The average Bonchev–Trinajstić information content (AvgIpc) is 2.38. The molecule has 0 aromatic heterocycles. The fraction of sp³-hybridized carbons (Fsp3) is 0.417. The summed E-state index contributed by atoms with van der Waals surface area (Å²) in [5.74, 6) is 5.15. The first-order valence-electron chi connectivity index (χ1n) is 5.61. The molecule has 4 nitrogen and oxygen atoms in total. The van der Waals surface area contributed by atoms with Gasteiger partial charge in [-0.15, -0.1) is 0 Å². The van der Waals surface area contributed by atoms with Gasteiger partial charge in [0.1, 0.15) is 0 Å². The van der Waals surface area contributed by atoms with E-state index in [1.165, 1.54) is 0 Å². The van der Waals surface area contributed by atoms with Gasteiger partial charge in [0.2, 0.25) is 0 Å². The van der Waals surface area contributed by atoms with E-state index in [0.29, 0.717) is 23.7 Å². The third-order valence-electron chi connectivity index (χ3n) is 2.99. The molecule has 1 fully saturated rings. The van der Waals surface area contributed by atoms with Crippen LogP contribution in [-0.4, -0.2) is 30.0 Å². The molecule has 0 radical (unpaired) electrons. The minimum atomic E-state index is 0.0166. The number of carbonyl (C=O) groups excluding carboxylic acids is 1. The van der Waals surface area contributed by atoms with Crippen LogP contribution in [0.2, 0.25) is 5.02 Å². The second-order valence-corrected chi connectivity index (χ2v) is 4.57. The van der Waals surface area contributed by atoms with Gasteiger partial charge < -0.3 is 9.74 Å². The lowest BCUT2D eigenvalue weighted by Gasteiger charge is -2.30. The van der Waals surface area contributed by atoms with Crippen LogP contribution < -0.4 is 5.90 Å². The third kappa shape index (κ3) is 2.97. The molecule has 0 saturated carbocycles. The number of rotatable bonds is 2. The van der Waals surface area contributed by atoms with Crippen molar-refractivity contribution in [2.75, 3.05) is 13.1 Å². The zero-order valence-electron chi connectivity index (χ0n) is 9.43. The molecular formula is C12H15ClN2O2. The lowest BCUT2D eigenvalue weighted by Crippen LogP contribution is -2.41. The molecule has 0 unspecified atom stereocenters. The van der Waals surface area contributed by atoms with Gasteiger partial charge in [0.05, 0.1) is 6.10 Å². The molecule has 0 spiro atoms. The Bertz CT molecular complexity index is 403. The first kappa shape index (κ1) is 12.4. The van der Waals surface area contributed by atoms with Crippen LogP contribution in [0.15, 0.2) is 24.3 Å². The van der Waals surface area contributed by atoms with Crippen LogP contribution >= 0.6 is 11.6 Å². The first-order chi connectivity index (χ1) is 8.20. The van der Waals surface area contributed by atoms with Crippen molar-refractivity contribution in [2.24, 2.45) is 5.90 Å². The van der Waals surface area contributed by atoms with Crippen molar-refractivity contribution in [2.45, 2.75) is 18.9 Å². The Kier molecular flexibility index (Phi) is 3.99. The van der Waals surface area contributed by atoms with Crippen LogP contribution in [0.5, 0.6) is 0 Å². The fourth-order valence-corrected chi connectivity index (χ4v) is 2.19. The number of benzene rings is 1. The van der Waals surface area contributed by atoms with E-state index in [9.17, 15) is 4.79 Å². The summed E-state index contributed by atoms with van der Waals surface area (Å²) in [6.07, 6.45) is 1.63. The predicted octanol–water partition coefficient (Wildman–Crippen LogP) is 1.83. The predicted molar refractivity (Wildman–Crippen MR) is 65.6 cm³/mol. The molecule has 2 rings (SSSR count). The number of carbonyl (C=O) groups is 1. The lowest BCUT2D eigenvalue weighted by atomic mass is 10.1. The third-order valence-corrected chi connectivity index (χ3v) is 3.23. The number of nitrogens with zero attached hydrogens (tertiary/aromatic N) is 1. The molecular weight excluding hydrogens is 240 g/mol. The molecule has 1 aromatic carbocycles. The van der Waals surface area contributed by atoms with Gasteiger partial charge in [-0.25, -0.2) is 5.90 Å². The van der Waals surface area contributed by atoms with Crippen molar-refractivity contribution in [3.05, 3.63) is 34.9 Å². The van der Waals surface area contributed by atoms with Gasteiger partial charge in [-0.2, -0.15) is 0 Å². The molecule has 1 heterocycles. The summed E-state index contributed by atoms with van der Waals surface area (Å²) in [6.45, 7) is 1.35. The smallest absolute Gasteiger partial charge is 0.253 e. The SMILES string of the molecule is NOC1CCN(C(=O)c2cccc(Cl)c2)CC1. The molecule has 1 aliphatic rings. The van der Waals surface area contributed by atoms with E-state index < -0.39 is 0 Å². The van der Waals surface area contributed by atoms with Gasteiger partial charge in [-0.1, -0.05) is 17.7 Å². The van der Waals surface area contributed by atoms with Crippen LogP contribution in [-0.2, 0) is 4.84 Å². The Labute approximate surface area is 105 Å². The van der Waals surface area contributed by atoms with Crippen LogP contribution in [0.25, 0.3) is 0 Å². The summed E-state index contributed by atoms with van der Waals surface area (Å²) < 4.78 is 0. The molecule has 0 atom stereocenters. The monoisotopic (exact) mass is 254 g/mol. The highest BCUT2D eigenvalue weighted by atomic mass is 35.5. The van der Waals surface area contributed by atoms with E-state index in [1.807, 2.05) is 0 Å². The van der Waals surface area contributed by atoms with Crippen molar-refractivity contribution in [1.82, 2.24) is 4.90 Å². The van der Waals surface area contributed by atoms with E-state index in [4.69, 9.17) is 22.3 Å². The van der Waals surface area contributed by atoms with Gasteiger partial charge >= 0.3 is 0 Å². The number of likely N-dealkylation sites (tertiary alicyclic amines) is 1. The summed E-state index contributed by atoms with van der Waals surface area (Å²) in [6, 6.07) is 7.01. The Morgan fingerprint density at radius 2 is 2.12 bits per heavy atom. The highest BCUT2D eigenvalue weighted by molar-refractivity contribution is 6.30. The number of nitrogens with two attached hydrogens (primary N) is 1. The molecule has 5 heteroatoms. The molecule has 0 bridgehead atoms. The maximum Gasteiger partial charge on any atom is 0.253 e. The average molecular weight is 255 g/mol. The van der Waals surface area contributed by atoms with Gasteiger partial charge in [0.15, 0.2) is 0 Å². The number of piperidine rings is 1. The number of hydrogen-bond donors (Lipinski definition) is 1. The van der Waals surface area contributed by atoms with E-state index in [1.54, 1.807) is 29.2 Å². The molecule has 1 aliphatic heterocycles. The maximum absolute atomic E-state index is 12.1. The normalized spacial score (nSPS) is 17.2. The van der Waals surface area contributed by atoms with Crippen LogP contribution in [0.3, 0.4) is 0 Å². The molecule has 2 N–H and O–H groups in total. The van der Waals surface area contributed by atoms with E-state index in [0.717, 1.165) is 12.8 Å². The van der Waals surface area contributed by atoms with E-state index >= 15 is 0 Å². The van der Waals surface area contributed by atoms with E-state index in [2.05, 4.69) is 0 Å². The molecule has 0 aliphatic carbocycles. The summed E-state index contributed by atoms with van der Waals surface area (Å²) in [5, 5.41) is 0.580. The Morgan fingerprint density at radius 1 is 1.41 bits per heavy atom. The largest absolute Gasteiger partial charge is 0.338 e. The van der Waals surface area contributed by atoms with Gasteiger partial charge in [-0.05, 0) is 31.0 Å². The molecule has 92 valence electrons. The second-order valence-electron chi connectivity index (χ2n) is 4.14. The maximum atomic E-state index is 12.1. The summed E-state index contributed by atoms with van der Waals surface area (Å²) >= 11 is 5.87. The summed E-state index contributed by atoms with van der Waals surface area (Å²) in [4.78, 5) is 18.7. The van der Waals surface area contributed by atoms with Gasteiger partial charge in [-0.3, -0.25) is 4.79 Å². The van der Waals surface area contributed by atoms with Gasteiger partial charge in [0.25, 0.3) is 5.91 Å². The molecule has 1 saturated heterocycles. The van der Waals surface area contributed by atoms with Crippen molar-refractivity contribution in [3.8, 4) is 0 Å². The fourth-order valence-electron chi connectivity index (χ4n) is 2.00. The standard InChI is InChI=1S/C12H15ClN2O2/c13-10-3-1-2-9(8-10)12(16)15-6-4-11(17-14)5-7-15/h1-3,8,11H,4-7,14H2. The molecule has 1 aromatic rings. The van der Waals surface area contributed by atoms with Crippen molar-refractivity contribution >= 4 is 17.5 Å². The summed E-state index contributed by atoms with van der Waals surface area (Å²) in [5.41, 5.74) is 0.629. The van der Waals surface area contributed by atoms with Crippen molar-refractivity contribution in [3.63, 3.8) is 0 Å². The number of hydrogen-bond acceptors (Lipinski definition) is 3. The lowest BCUT2D eigenvalue weighted by molar-refractivity contribution is 0.00781. The van der Waals surface area contributed by atoms with E-state index in [-0.39, 0.29) is 12.0 Å². The number of amides is 1. The number of halogens is 1. The highest BCUT2D eigenvalue weighted by Gasteiger charge is 2.23. The van der Waals surface area contributed by atoms with Crippen molar-refractivity contribution < 1.29 is 9.63 Å². The van der Waals surface area contributed by atoms with Crippen LogP contribution in [0.4, 0.5) is 0 Å². The Balaban J connectivity index is 2.02. The first-order valence-corrected chi connectivity index (χ1v) is 5.99. The van der Waals surface area contributed by atoms with Gasteiger partial charge in [0, 0.05) is 23.7 Å². The minimum Gasteiger partial charge on any atom is -0.338 e. The second kappa shape index (κ2) is 5.49. The van der Waals surface area contributed by atoms with Crippen LogP contribution in [0, 0.1) is 0 Å². The topological polar surface area (TPSA) is 55.6 Å². The van der Waals surface area contributed by atoms with Crippen LogP contribution in [0.1, 0.15) is 23.2 Å².